The summed E-state index contributed by atoms with van der Waals surface area (Å²) in [5.74, 6) is 0.140. The van der Waals surface area contributed by atoms with Gasteiger partial charge >= 0.3 is 6.09 Å². The number of carbonyl (C=O) groups is 2. The molecule has 0 unspecified atom stereocenters. The predicted octanol–water partition coefficient (Wildman–Crippen LogP) is 1.22. The van der Waals surface area contributed by atoms with E-state index in [1.807, 2.05) is 4.90 Å². The van der Waals surface area contributed by atoms with E-state index in [1.54, 1.807) is 0 Å². The maximum absolute atomic E-state index is 12.8. The Kier molecular flexibility index (Phi) is 4.95. The number of benzene rings is 1. The minimum atomic E-state index is -0.519. The number of alkyl carbamates (subject to hydrolysis) is 1. The third kappa shape index (κ3) is 4.03. The van der Waals surface area contributed by atoms with Crippen molar-refractivity contribution < 1.29 is 14.3 Å². The Labute approximate surface area is 160 Å². The molecule has 3 aliphatic heterocycles. The first-order valence-corrected chi connectivity index (χ1v) is 9.82. The molecule has 146 valence electrons. The van der Waals surface area contributed by atoms with E-state index in [0.717, 1.165) is 45.6 Å². The van der Waals surface area contributed by atoms with E-state index in [2.05, 4.69) is 46.3 Å². The van der Waals surface area contributed by atoms with Gasteiger partial charge in [-0.15, -0.1) is 0 Å². The van der Waals surface area contributed by atoms with Crippen molar-refractivity contribution in [3.8, 4) is 0 Å². The first kappa shape index (κ1) is 18.1. The molecular weight excluding hydrogens is 344 g/mol. The van der Waals surface area contributed by atoms with E-state index in [-0.39, 0.29) is 12.0 Å². The number of carbonyl (C=O) groups excluding carboxylic acids is 2. The second-order valence-corrected chi connectivity index (χ2v) is 7.95. The number of hydrogen-bond donors (Lipinski definition) is 1. The minimum absolute atomic E-state index is 0.140. The Bertz CT molecular complexity index is 717. The van der Waals surface area contributed by atoms with Gasteiger partial charge in [-0.25, -0.2) is 4.79 Å². The number of nitrogens with zero attached hydrogens (tertiary/aromatic N) is 3. The van der Waals surface area contributed by atoms with Gasteiger partial charge in [0.25, 0.3) is 0 Å². The number of amides is 2. The molecular formula is C20H28N4O3. The fourth-order valence-electron chi connectivity index (χ4n) is 4.32. The zero-order chi connectivity index (χ0) is 18.9. The molecule has 1 spiro atoms. The van der Waals surface area contributed by atoms with Crippen molar-refractivity contribution in [1.29, 1.82) is 0 Å². The van der Waals surface area contributed by atoms with Crippen LogP contribution in [0.2, 0.25) is 0 Å². The molecule has 3 fully saturated rings. The molecule has 0 radical (unpaired) electrons. The van der Waals surface area contributed by atoms with Gasteiger partial charge in [0.05, 0.1) is 19.6 Å². The van der Waals surface area contributed by atoms with Gasteiger partial charge in [0, 0.05) is 38.4 Å². The van der Waals surface area contributed by atoms with Gasteiger partial charge < -0.3 is 19.9 Å². The van der Waals surface area contributed by atoms with E-state index in [1.165, 1.54) is 11.3 Å². The molecule has 1 aromatic carbocycles. The van der Waals surface area contributed by atoms with Crippen LogP contribution in [-0.4, -0.2) is 79.8 Å². The molecule has 4 rings (SSSR count). The van der Waals surface area contributed by atoms with Crippen LogP contribution in [0.15, 0.2) is 24.3 Å². The fraction of sp³-hybridized carbons (Fsp3) is 0.600. The number of likely N-dealkylation sites (tertiary alicyclic amines) is 1. The van der Waals surface area contributed by atoms with Gasteiger partial charge in [-0.05, 0) is 37.5 Å². The summed E-state index contributed by atoms with van der Waals surface area (Å²) in [6.45, 7) is 7.95. The highest BCUT2D eigenvalue weighted by Crippen LogP contribution is 2.28. The van der Waals surface area contributed by atoms with E-state index in [4.69, 9.17) is 4.74 Å². The number of ether oxygens (including phenoxy) is 1. The Morgan fingerprint density at radius 3 is 2.74 bits per heavy atom. The van der Waals surface area contributed by atoms with Crippen LogP contribution in [0.4, 0.5) is 10.5 Å². The molecule has 1 N–H and O–H groups in total. The number of piperazine rings is 1. The summed E-state index contributed by atoms with van der Waals surface area (Å²) in [6.07, 6.45) is 1.34. The first-order chi connectivity index (χ1) is 13.0. The summed E-state index contributed by atoms with van der Waals surface area (Å²) in [6, 6.07) is 8.57. The summed E-state index contributed by atoms with van der Waals surface area (Å²) in [4.78, 5) is 30.7. The number of nitrogens with one attached hydrogen (secondary N) is 1. The molecule has 0 aromatic heterocycles. The number of rotatable bonds is 3. The van der Waals surface area contributed by atoms with Gasteiger partial charge in [-0.1, -0.05) is 12.1 Å². The molecule has 0 aliphatic carbocycles. The highest BCUT2D eigenvalue weighted by molar-refractivity contribution is 5.79. The fourth-order valence-corrected chi connectivity index (χ4v) is 4.32. The van der Waals surface area contributed by atoms with Crippen molar-refractivity contribution in [3.63, 3.8) is 0 Å². The summed E-state index contributed by atoms with van der Waals surface area (Å²) in [5.41, 5.74) is 2.01. The van der Waals surface area contributed by atoms with Crippen molar-refractivity contribution in [2.24, 2.45) is 0 Å². The third-order valence-corrected chi connectivity index (χ3v) is 5.85. The lowest BCUT2D eigenvalue weighted by molar-refractivity contribution is -0.138. The molecule has 1 aromatic rings. The first-order valence-electron chi connectivity index (χ1n) is 9.82. The largest absolute Gasteiger partial charge is 0.439 e. The van der Waals surface area contributed by atoms with Crippen LogP contribution in [0.5, 0.6) is 0 Å². The third-order valence-electron chi connectivity index (χ3n) is 5.85. The standard InChI is InChI=1S/C20H28N4O3/c1-16-4-2-5-17(12-16)23-10-8-22(9-11-23)13-18(25)24-7-3-6-20(15-24)14-21-19(26)27-20/h2,4-5,12H,3,6-11,13-15H2,1H3,(H,21,26)/t20-/m1/s1. The van der Waals surface area contributed by atoms with Gasteiger partial charge in [0.1, 0.15) is 5.60 Å². The average molecular weight is 372 g/mol. The van der Waals surface area contributed by atoms with Gasteiger partial charge in [0.15, 0.2) is 0 Å². The Morgan fingerprint density at radius 2 is 2.04 bits per heavy atom. The molecule has 3 heterocycles. The zero-order valence-electron chi connectivity index (χ0n) is 15.9. The van der Waals surface area contributed by atoms with Crippen molar-refractivity contribution in [3.05, 3.63) is 29.8 Å². The number of piperidine rings is 1. The quantitative estimate of drug-likeness (QED) is 0.864. The van der Waals surface area contributed by atoms with E-state index in [9.17, 15) is 9.59 Å². The van der Waals surface area contributed by atoms with Crippen LogP contribution in [0.3, 0.4) is 0 Å². The highest BCUT2D eigenvalue weighted by atomic mass is 16.6. The lowest BCUT2D eigenvalue weighted by Crippen LogP contribution is -2.55. The second-order valence-electron chi connectivity index (χ2n) is 7.95. The summed E-state index contributed by atoms with van der Waals surface area (Å²) in [7, 11) is 0. The maximum atomic E-state index is 12.8. The van der Waals surface area contributed by atoms with Gasteiger partial charge in [-0.3, -0.25) is 9.69 Å². The normalized spacial score (nSPS) is 26.2. The summed E-state index contributed by atoms with van der Waals surface area (Å²) < 4.78 is 5.47. The Morgan fingerprint density at radius 1 is 1.22 bits per heavy atom. The lowest BCUT2D eigenvalue weighted by atomic mass is 9.93. The van der Waals surface area contributed by atoms with Gasteiger partial charge in [-0.2, -0.15) is 0 Å². The molecule has 3 aliphatic rings. The van der Waals surface area contributed by atoms with Crippen LogP contribution in [0.25, 0.3) is 0 Å². The molecule has 1 atom stereocenters. The van der Waals surface area contributed by atoms with Crippen LogP contribution >= 0.6 is 0 Å². The molecule has 3 saturated heterocycles. The molecule has 7 heteroatoms. The Hall–Kier alpha value is -2.28. The van der Waals surface area contributed by atoms with E-state index in [0.29, 0.717) is 19.6 Å². The van der Waals surface area contributed by atoms with E-state index < -0.39 is 5.60 Å². The lowest BCUT2D eigenvalue weighted by Gasteiger charge is -2.40. The summed E-state index contributed by atoms with van der Waals surface area (Å²) in [5, 5.41) is 2.73. The smallest absolute Gasteiger partial charge is 0.407 e. The molecule has 0 bridgehead atoms. The van der Waals surface area contributed by atoms with Crippen LogP contribution in [0.1, 0.15) is 18.4 Å². The van der Waals surface area contributed by atoms with E-state index >= 15 is 0 Å². The van der Waals surface area contributed by atoms with Gasteiger partial charge in [0.2, 0.25) is 5.91 Å². The molecule has 7 nitrogen and oxygen atoms in total. The summed E-state index contributed by atoms with van der Waals surface area (Å²) >= 11 is 0. The minimum Gasteiger partial charge on any atom is -0.439 e. The Balaban J connectivity index is 1.29. The van der Waals surface area contributed by atoms with Crippen LogP contribution < -0.4 is 10.2 Å². The predicted molar refractivity (Wildman–Crippen MR) is 103 cm³/mol. The monoisotopic (exact) mass is 372 g/mol. The average Bonchev–Trinajstić information content (AvgIpc) is 3.02. The topological polar surface area (TPSA) is 65.1 Å². The van der Waals surface area contributed by atoms with Crippen LogP contribution in [0, 0.1) is 6.92 Å². The second kappa shape index (κ2) is 7.38. The van der Waals surface area contributed by atoms with Crippen molar-refractivity contribution in [1.82, 2.24) is 15.1 Å². The van der Waals surface area contributed by atoms with Crippen molar-refractivity contribution in [2.45, 2.75) is 25.4 Å². The molecule has 2 amide bonds. The van der Waals surface area contributed by atoms with Crippen LogP contribution in [-0.2, 0) is 9.53 Å². The number of aryl methyl sites for hydroxylation is 1. The number of hydrogen-bond acceptors (Lipinski definition) is 5. The van der Waals surface area contributed by atoms with Crippen molar-refractivity contribution >= 4 is 17.7 Å². The zero-order valence-corrected chi connectivity index (χ0v) is 15.9. The molecule has 0 saturated carbocycles. The molecule has 27 heavy (non-hydrogen) atoms. The number of anilines is 1. The van der Waals surface area contributed by atoms with Crippen molar-refractivity contribution in [2.75, 3.05) is 57.3 Å². The SMILES string of the molecule is Cc1cccc(N2CCN(CC(=O)N3CCC[C@@]4(CNC(=O)O4)C3)CC2)c1. The maximum Gasteiger partial charge on any atom is 0.407 e. The highest BCUT2D eigenvalue weighted by Gasteiger charge is 2.44.